The fourth-order valence-electron chi connectivity index (χ4n) is 1.67. The Kier molecular flexibility index (Phi) is 4.57. The van der Waals surface area contributed by atoms with Gasteiger partial charge in [-0.3, -0.25) is 9.59 Å². The molecule has 0 N–H and O–H groups in total. The lowest BCUT2D eigenvalue weighted by molar-refractivity contribution is 0.0822. The van der Waals surface area contributed by atoms with Crippen LogP contribution in [-0.2, 0) is 0 Å². The number of halogens is 1. The molecule has 0 saturated carbocycles. The predicted octanol–water partition coefficient (Wildman–Crippen LogP) is 4.25. The molecule has 0 spiro atoms. The van der Waals surface area contributed by atoms with E-state index in [1.807, 2.05) is 0 Å². The second-order valence-electron chi connectivity index (χ2n) is 4.31. The van der Waals surface area contributed by atoms with E-state index < -0.39 is 6.10 Å². The number of ether oxygens (including phenoxy) is 1. The molecular weight excluding hydrogens is 296 g/mol. The van der Waals surface area contributed by atoms with Crippen LogP contribution in [0.1, 0.15) is 33.9 Å². The molecule has 1 unspecified atom stereocenters. The Morgan fingerprint density at radius 2 is 1.80 bits per heavy atom. The third-order valence-electron chi connectivity index (χ3n) is 2.76. The summed E-state index contributed by atoms with van der Waals surface area (Å²) in [7, 11) is 0. The molecule has 2 rings (SSSR count). The maximum Gasteiger partial charge on any atom is 0.212 e. The molecular formula is C15H13ClO3S. The molecule has 1 aromatic heterocycles. The van der Waals surface area contributed by atoms with Gasteiger partial charge in [-0.05, 0) is 50.2 Å². The van der Waals surface area contributed by atoms with E-state index in [-0.39, 0.29) is 11.6 Å². The highest BCUT2D eigenvalue weighted by Gasteiger charge is 2.18. The van der Waals surface area contributed by atoms with Gasteiger partial charge in [0.05, 0.1) is 9.21 Å². The molecule has 0 radical (unpaired) electrons. The van der Waals surface area contributed by atoms with E-state index in [4.69, 9.17) is 16.3 Å². The molecule has 20 heavy (non-hydrogen) atoms. The molecule has 0 bridgehead atoms. The van der Waals surface area contributed by atoms with E-state index in [1.165, 1.54) is 18.3 Å². The topological polar surface area (TPSA) is 43.4 Å². The third-order valence-corrected chi connectivity index (χ3v) is 4.00. The molecule has 5 heteroatoms. The van der Waals surface area contributed by atoms with Gasteiger partial charge in [-0.1, -0.05) is 11.6 Å². The van der Waals surface area contributed by atoms with Crippen LogP contribution in [-0.4, -0.2) is 17.7 Å². The molecule has 0 saturated heterocycles. The number of Topliss-reactive ketones (excluding diaryl/α,β-unsaturated/α-hetero) is 2. The molecule has 1 heterocycles. The van der Waals surface area contributed by atoms with E-state index >= 15 is 0 Å². The summed E-state index contributed by atoms with van der Waals surface area (Å²) >= 11 is 7.04. The van der Waals surface area contributed by atoms with Crippen LogP contribution in [0.15, 0.2) is 36.4 Å². The molecule has 104 valence electrons. The number of hydrogen-bond donors (Lipinski definition) is 0. The van der Waals surface area contributed by atoms with Crippen molar-refractivity contribution >= 4 is 34.5 Å². The average molecular weight is 309 g/mol. The zero-order chi connectivity index (χ0) is 14.7. The minimum absolute atomic E-state index is 0.00565. The van der Waals surface area contributed by atoms with Crippen LogP contribution in [0.3, 0.4) is 0 Å². The van der Waals surface area contributed by atoms with Crippen LogP contribution < -0.4 is 4.74 Å². The fraction of sp³-hybridized carbons (Fsp3) is 0.200. The van der Waals surface area contributed by atoms with E-state index in [0.29, 0.717) is 20.5 Å². The van der Waals surface area contributed by atoms with Crippen LogP contribution in [0.25, 0.3) is 0 Å². The lowest BCUT2D eigenvalue weighted by Crippen LogP contribution is -2.23. The number of rotatable bonds is 5. The Labute approximate surface area is 126 Å². The number of ketones is 2. The molecule has 0 aliphatic rings. The minimum Gasteiger partial charge on any atom is -0.483 e. The number of carbonyl (C=O) groups excluding carboxylic acids is 2. The van der Waals surface area contributed by atoms with Crippen LogP contribution in [0.2, 0.25) is 4.34 Å². The molecule has 0 fully saturated rings. The van der Waals surface area contributed by atoms with Crippen LogP contribution >= 0.6 is 22.9 Å². The van der Waals surface area contributed by atoms with Crippen LogP contribution in [0, 0.1) is 0 Å². The van der Waals surface area contributed by atoms with Crippen LogP contribution in [0.4, 0.5) is 0 Å². The second kappa shape index (κ2) is 6.20. The molecule has 1 aromatic carbocycles. The smallest absolute Gasteiger partial charge is 0.212 e. The van der Waals surface area contributed by atoms with Crippen molar-refractivity contribution in [1.29, 1.82) is 0 Å². The number of thiophene rings is 1. The quantitative estimate of drug-likeness (QED) is 0.775. The first-order valence-electron chi connectivity index (χ1n) is 6.04. The third kappa shape index (κ3) is 3.46. The van der Waals surface area contributed by atoms with Crippen molar-refractivity contribution in [1.82, 2.24) is 0 Å². The van der Waals surface area contributed by atoms with Crippen molar-refractivity contribution in [3.8, 4) is 5.75 Å². The van der Waals surface area contributed by atoms with Gasteiger partial charge in [-0.15, -0.1) is 11.3 Å². The summed E-state index contributed by atoms with van der Waals surface area (Å²) < 4.78 is 6.15. The van der Waals surface area contributed by atoms with Crippen molar-refractivity contribution < 1.29 is 14.3 Å². The first kappa shape index (κ1) is 14.8. The van der Waals surface area contributed by atoms with Gasteiger partial charge in [-0.25, -0.2) is 0 Å². The molecule has 0 amide bonds. The van der Waals surface area contributed by atoms with E-state index in [9.17, 15) is 9.59 Å². The summed E-state index contributed by atoms with van der Waals surface area (Å²) in [6, 6.07) is 10.1. The molecule has 0 aliphatic heterocycles. The van der Waals surface area contributed by atoms with Crippen molar-refractivity contribution in [3.63, 3.8) is 0 Å². The van der Waals surface area contributed by atoms with Crippen molar-refractivity contribution in [2.24, 2.45) is 0 Å². The van der Waals surface area contributed by atoms with Gasteiger partial charge < -0.3 is 4.74 Å². The van der Waals surface area contributed by atoms with Crippen molar-refractivity contribution in [2.45, 2.75) is 20.0 Å². The van der Waals surface area contributed by atoms with Crippen molar-refractivity contribution in [2.75, 3.05) is 0 Å². The zero-order valence-corrected chi connectivity index (χ0v) is 12.6. The second-order valence-corrected chi connectivity index (χ2v) is 6.02. The first-order chi connectivity index (χ1) is 9.47. The Morgan fingerprint density at radius 1 is 1.15 bits per heavy atom. The average Bonchev–Trinajstić information content (AvgIpc) is 2.85. The SMILES string of the molecule is CC(=O)c1ccc(OC(C)C(=O)c2ccc(Cl)s2)cc1. The number of benzene rings is 1. The van der Waals surface area contributed by atoms with E-state index in [0.717, 1.165) is 0 Å². The standard InChI is InChI=1S/C15H13ClO3S/c1-9(17)11-3-5-12(6-4-11)19-10(2)15(18)13-7-8-14(16)20-13/h3-8,10H,1-2H3. The maximum absolute atomic E-state index is 12.1. The zero-order valence-electron chi connectivity index (χ0n) is 11.1. The van der Waals surface area contributed by atoms with Gasteiger partial charge in [0.2, 0.25) is 5.78 Å². The summed E-state index contributed by atoms with van der Waals surface area (Å²) in [4.78, 5) is 23.9. The van der Waals surface area contributed by atoms with E-state index in [2.05, 4.69) is 0 Å². The van der Waals surface area contributed by atoms with Crippen LogP contribution in [0.5, 0.6) is 5.75 Å². The highest BCUT2D eigenvalue weighted by Crippen LogP contribution is 2.24. The Balaban J connectivity index is 2.05. The molecule has 0 aliphatic carbocycles. The lowest BCUT2D eigenvalue weighted by Gasteiger charge is -2.12. The monoisotopic (exact) mass is 308 g/mol. The summed E-state index contributed by atoms with van der Waals surface area (Å²) in [5, 5.41) is 0. The van der Waals surface area contributed by atoms with Crippen molar-refractivity contribution in [3.05, 3.63) is 51.2 Å². The van der Waals surface area contributed by atoms with E-state index in [1.54, 1.807) is 43.3 Å². The Hall–Kier alpha value is -1.65. The number of hydrogen-bond acceptors (Lipinski definition) is 4. The summed E-state index contributed by atoms with van der Waals surface area (Å²) in [5.41, 5.74) is 0.612. The fourth-order valence-corrected chi connectivity index (χ4v) is 2.73. The normalized spacial score (nSPS) is 11.9. The minimum atomic E-state index is -0.604. The summed E-state index contributed by atoms with van der Waals surface area (Å²) in [6.45, 7) is 3.19. The van der Waals surface area contributed by atoms with Gasteiger partial charge >= 0.3 is 0 Å². The Bertz CT molecular complexity index is 631. The lowest BCUT2D eigenvalue weighted by atomic mass is 10.1. The number of carbonyl (C=O) groups is 2. The summed E-state index contributed by atoms with van der Waals surface area (Å²) in [5.74, 6) is 0.435. The first-order valence-corrected chi connectivity index (χ1v) is 7.24. The largest absolute Gasteiger partial charge is 0.483 e. The summed E-state index contributed by atoms with van der Waals surface area (Å²) in [6.07, 6.45) is -0.604. The predicted molar refractivity (Wildman–Crippen MR) is 80.2 cm³/mol. The molecule has 3 nitrogen and oxygen atoms in total. The van der Waals surface area contributed by atoms with Gasteiger partial charge in [-0.2, -0.15) is 0 Å². The molecule has 2 aromatic rings. The van der Waals surface area contributed by atoms with Gasteiger partial charge in [0.1, 0.15) is 5.75 Å². The molecule has 1 atom stereocenters. The van der Waals surface area contributed by atoms with Gasteiger partial charge in [0.25, 0.3) is 0 Å². The van der Waals surface area contributed by atoms with Gasteiger partial charge in [0.15, 0.2) is 11.9 Å². The highest BCUT2D eigenvalue weighted by molar-refractivity contribution is 7.18. The Morgan fingerprint density at radius 3 is 2.30 bits per heavy atom. The van der Waals surface area contributed by atoms with Gasteiger partial charge in [0, 0.05) is 5.56 Å². The maximum atomic E-state index is 12.1. The highest BCUT2D eigenvalue weighted by atomic mass is 35.5.